The van der Waals surface area contributed by atoms with Crippen LogP contribution in [0.1, 0.15) is 31.4 Å². The van der Waals surface area contributed by atoms with Gasteiger partial charge in [0.05, 0.1) is 22.4 Å². The zero-order valence-corrected chi connectivity index (χ0v) is 13.5. The Labute approximate surface area is 131 Å². The molecule has 1 aliphatic rings. The average Bonchev–Trinajstić information content (AvgIpc) is 3.05. The first-order valence-electron chi connectivity index (χ1n) is 7.62. The van der Waals surface area contributed by atoms with Gasteiger partial charge in [-0.3, -0.25) is 4.98 Å². The number of sulfone groups is 1. The summed E-state index contributed by atoms with van der Waals surface area (Å²) in [5.41, 5.74) is 1.96. The van der Waals surface area contributed by atoms with Crippen molar-refractivity contribution in [3.05, 3.63) is 54.4 Å². The van der Waals surface area contributed by atoms with Crippen molar-refractivity contribution in [3.8, 4) is 0 Å². The molecule has 116 valence electrons. The van der Waals surface area contributed by atoms with E-state index in [4.69, 9.17) is 0 Å². The third kappa shape index (κ3) is 2.73. The van der Waals surface area contributed by atoms with Gasteiger partial charge in [-0.2, -0.15) is 0 Å². The molecule has 1 aliphatic heterocycles. The average molecular weight is 316 g/mol. The molecule has 3 rings (SSSR count). The third-order valence-electron chi connectivity index (χ3n) is 4.21. The molecule has 0 bridgehead atoms. The Bertz CT molecular complexity index is 744. The molecule has 0 amide bonds. The zero-order chi connectivity index (χ0) is 15.6. The van der Waals surface area contributed by atoms with Crippen molar-refractivity contribution in [3.63, 3.8) is 0 Å². The second-order valence-electron chi connectivity index (χ2n) is 5.51. The van der Waals surface area contributed by atoms with Crippen LogP contribution in [-0.2, 0) is 9.84 Å². The molecule has 1 saturated heterocycles. The number of pyridine rings is 1. The predicted octanol–water partition coefficient (Wildman–Crippen LogP) is 3.22. The minimum atomic E-state index is -3.23. The highest BCUT2D eigenvalue weighted by atomic mass is 32.2. The molecule has 4 nitrogen and oxygen atoms in total. The highest BCUT2D eigenvalue weighted by Gasteiger charge is 2.30. The van der Waals surface area contributed by atoms with Gasteiger partial charge in [-0.25, -0.2) is 8.42 Å². The highest BCUT2D eigenvalue weighted by molar-refractivity contribution is 7.91. The van der Waals surface area contributed by atoms with Gasteiger partial charge >= 0.3 is 0 Å². The van der Waals surface area contributed by atoms with Crippen LogP contribution >= 0.6 is 0 Å². The van der Waals surface area contributed by atoms with Crippen LogP contribution in [0.4, 0.5) is 5.69 Å². The number of hydrogen-bond acceptors (Lipinski definition) is 4. The number of benzene rings is 1. The Morgan fingerprint density at radius 3 is 2.77 bits per heavy atom. The summed E-state index contributed by atoms with van der Waals surface area (Å²) in [4.78, 5) is 6.85. The van der Waals surface area contributed by atoms with E-state index in [1.165, 1.54) is 0 Å². The summed E-state index contributed by atoms with van der Waals surface area (Å²) in [6.07, 6.45) is 5.71. The van der Waals surface area contributed by atoms with E-state index in [1.54, 1.807) is 25.3 Å². The number of nitrogens with zero attached hydrogens (tertiary/aromatic N) is 2. The molecule has 0 spiro atoms. The van der Waals surface area contributed by atoms with E-state index in [9.17, 15) is 8.42 Å². The molecule has 22 heavy (non-hydrogen) atoms. The molecule has 0 aliphatic carbocycles. The molecule has 0 N–H and O–H groups in total. The van der Waals surface area contributed by atoms with Gasteiger partial charge in [0.1, 0.15) is 0 Å². The summed E-state index contributed by atoms with van der Waals surface area (Å²) >= 11 is 0. The quantitative estimate of drug-likeness (QED) is 0.869. The number of para-hydroxylation sites is 1. The monoisotopic (exact) mass is 316 g/mol. The molecular weight excluding hydrogens is 296 g/mol. The molecule has 1 unspecified atom stereocenters. The summed E-state index contributed by atoms with van der Waals surface area (Å²) in [7, 11) is -3.23. The Morgan fingerprint density at radius 2 is 2.05 bits per heavy atom. The molecular formula is C17H20N2O2S. The number of aromatic nitrogens is 1. The van der Waals surface area contributed by atoms with Gasteiger partial charge < -0.3 is 4.90 Å². The maximum atomic E-state index is 12.4. The lowest BCUT2D eigenvalue weighted by Gasteiger charge is -2.28. The van der Waals surface area contributed by atoms with Crippen molar-refractivity contribution in [1.82, 2.24) is 4.98 Å². The van der Waals surface area contributed by atoms with Gasteiger partial charge in [-0.15, -0.1) is 0 Å². The van der Waals surface area contributed by atoms with Crippen molar-refractivity contribution >= 4 is 15.5 Å². The first-order chi connectivity index (χ1) is 10.6. The van der Waals surface area contributed by atoms with Gasteiger partial charge in [-0.1, -0.05) is 25.1 Å². The van der Waals surface area contributed by atoms with Crippen molar-refractivity contribution in [2.75, 3.05) is 17.2 Å². The van der Waals surface area contributed by atoms with E-state index < -0.39 is 9.84 Å². The second kappa shape index (κ2) is 6.08. The maximum absolute atomic E-state index is 12.4. The SMILES string of the molecule is CCS(=O)(=O)c1ccccc1N1CCCC1c1cccnc1. The largest absolute Gasteiger partial charge is 0.363 e. The lowest BCUT2D eigenvalue weighted by molar-refractivity contribution is 0.596. The van der Waals surface area contributed by atoms with Gasteiger partial charge in [0.2, 0.25) is 0 Å². The van der Waals surface area contributed by atoms with Crippen LogP contribution in [-0.4, -0.2) is 25.7 Å². The standard InChI is InChI=1S/C17H20N2O2S/c1-2-22(20,21)17-10-4-3-8-16(17)19-12-6-9-15(19)14-7-5-11-18-13-14/h3-5,7-8,10-11,13,15H,2,6,9,12H2,1H3. The molecule has 2 heterocycles. The molecule has 0 radical (unpaired) electrons. The molecule has 1 aromatic heterocycles. The molecule has 1 atom stereocenters. The summed E-state index contributed by atoms with van der Waals surface area (Å²) in [6, 6.07) is 11.5. The number of hydrogen-bond donors (Lipinski definition) is 0. The molecule has 5 heteroatoms. The summed E-state index contributed by atoms with van der Waals surface area (Å²) < 4.78 is 24.8. The van der Waals surface area contributed by atoms with Gasteiger partial charge in [0.15, 0.2) is 9.84 Å². The normalized spacial score (nSPS) is 18.6. The minimum absolute atomic E-state index is 0.120. The van der Waals surface area contributed by atoms with E-state index in [1.807, 2.05) is 24.4 Å². The topological polar surface area (TPSA) is 50.3 Å². The van der Waals surface area contributed by atoms with Crippen LogP contribution in [0.25, 0.3) is 0 Å². The summed E-state index contributed by atoms with van der Waals surface area (Å²) in [6.45, 7) is 2.56. The summed E-state index contributed by atoms with van der Waals surface area (Å²) in [5.74, 6) is 0.120. The first-order valence-corrected chi connectivity index (χ1v) is 9.27. The van der Waals surface area contributed by atoms with Crippen LogP contribution in [0.3, 0.4) is 0 Å². The molecule has 0 saturated carbocycles. The fourth-order valence-corrected chi connectivity index (χ4v) is 4.19. The third-order valence-corrected chi connectivity index (χ3v) is 5.99. The van der Waals surface area contributed by atoms with Crippen LogP contribution in [0.2, 0.25) is 0 Å². The summed E-state index contributed by atoms with van der Waals surface area (Å²) in [5, 5.41) is 0. The van der Waals surface area contributed by atoms with Crippen molar-refractivity contribution in [2.45, 2.75) is 30.7 Å². The van der Waals surface area contributed by atoms with Crippen molar-refractivity contribution in [2.24, 2.45) is 0 Å². The number of anilines is 1. The molecule has 2 aromatic rings. The van der Waals surface area contributed by atoms with E-state index in [2.05, 4.69) is 16.0 Å². The van der Waals surface area contributed by atoms with Gasteiger partial charge in [-0.05, 0) is 36.6 Å². The second-order valence-corrected chi connectivity index (χ2v) is 7.76. The van der Waals surface area contributed by atoms with Crippen LogP contribution in [0.15, 0.2) is 53.7 Å². The smallest absolute Gasteiger partial charge is 0.180 e. The highest BCUT2D eigenvalue weighted by Crippen LogP contribution is 2.38. The van der Waals surface area contributed by atoms with E-state index in [-0.39, 0.29) is 11.8 Å². The van der Waals surface area contributed by atoms with E-state index in [0.717, 1.165) is 30.6 Å². The fraction of sp³-hybridized carbons (Fsp3) is 0.353. The van der Waals surface area contributed by atoms with Crippen LogP contribution < -0.4 is 4.90 Å². The van der Waals surface area contributed by atoms with Crippen LogP contribution in [0, 0.1) is 0 Å². The molecule has 1 fully saturated rings. The Hall–Kier alpha value is -1.88. The van der Waals surface area contributed by atoms with E-state index in [0.29, 0.717) is 4.90 Å². The van der Waals surface area contributed by atoms with E-state index >= 15 is 0 Å². The van der Waals surface area contributed by atoms with Gasteiger partial charge in [0, 0.05) is 18.9 Å². The lowest BCUT2D eigenvalue weighted by Crippen LogP contribution is -2.24. The van der Waals surface area contributed by atoms with Crippen molar-refractivity contribution < 1.29 is 8.42 Å². The zero-order valence-electron chi connectivity index (χ0n) is 12.6. The Kier molecular flexibility index (Phi) is 4.16. The fourth-order valence-electron chi connectivity index (χ4n) is 3.09. The lowest BCUT2D eigenvalue weighted by atomic mass is 10.1. The Morgan fingerprint density at radius 1 is 1.23 bits per heavy atom. The number of rotatable bonds is 4. The van der Waals surface area contributed by atoms with Gasteiger partial charge in [0.25, 0.3) is 0 Å². The minimum Gasteiger partial charge on any atom is -0.363 e. The predicted molar refractivity (Wildman–Crippen MR) is 87.7 cm³/mol. The molecule has 1 aromatic carbocycles. The maximum Gasteiger partial charge on any atom is 0.180 e. The van der Waals surface area contributed by atoms with Crippen molar-refractivity contribution in [1.29, 1.82) is 0 Å². The first kappa shape index (κ1) is 15.0. The van der Waals surface area contributed by atoms with Crippen LogP contribution in [0.5, 0.6) is 0 Å². The Balaban J connectivity index is 2.04.